The highest BCUT2D eigenvalue weighted by molar-refractivity contribution is 6.07. The number of anilines is 2. The Kier molecular flexibility index (Phi) is 5.82. The van der Waals surface area contributed by atoms with Crippen LogP contribution in [0.2, 0.25) is 0 Å². The Morgan fingerprint density at radius 1 is 1.28 bits per heavy atom. The van der Waals surface area contributed by atoms with Gasteiger partial charge in [-0.25, -0.2) is 4.79 Å². The van der Waals surface area contributed by atoms with E-state index in [-0.39, 0.29) is 23.1 Å². The fraction of sp³-hybridized carbons (Fsp3) is 0.263. The van der Waals surface area contributed by atoms with E-state index in [9.17, 15) is 19.7 Å². The second-order valence-electron chi connectivity index (χ2n) is 6.09. The van der Waals surface area contributed by atoms with Crippen molar-refractivity contribution in [3.63, 3.8) is 0 Å². The molecule has 3 rings (SSSR count). The molecule has 29 heavy (non-hydrogen) atoms. The number of nitro groups is 1. The Bertz CT molecular complexity index is 944. The third kappa shape index (κ3) is 4.21. The van der Waals surface area contributed by atoms with Gasteiger partial charge >= 0.3 is 6.03 Å². The van der Waals surface area contributed by atoms with Gasteiger partial charge in [-0.3, -0.25) is 19.8 Å². The maximum atomic E-state index is 12.7. The molecule has 3 amide bonds. The molecule has 0 atom stereocenters. The molecule has 2 N–H and O–H groups in total. The standard InChI is InChI=1S/C19H20N4O6/c1-3-29-17-10-14(15(23(26)27)11-16(17)28-2)18(24)21-12-4-6-13(7-5-12)22-9-8-20-19(22)25/h4-7,10-11H,3,8-9H2,1-2H3,(H,20,25)(H,21,24). The van der Waals surface area contributed by atoms with Crippen LogP contribution in [0.4, 0.5) is 21.9 Å². The number of nitro benzene ring substituents is 1. The summed E-state index contributed by atoms with van der Waals surface area (Å²) in [6.45, 7) is 3.19. The summed E-state index contributed by atoms with van der Waals surface area (Å²) in [5, 5.41) is 16.8. The van der Waals surface area contributed by atoms with Gasteiger partial charge in [0.25, 0.3) is 11.6 Å². The van der Waals surface area contributed by atoms with Gasteiger partial charge in [0, 0.05) is 30.5 Å². The van der Waals surface area contributed by atoms with Gasteiger partial charge in [-0.1, -0.05) is 0 Å². The lowest BCUT2D eigenvalue weighted by Crippen LogP contribution is -2.27. The maximum Gasteiger partial charge on any atom is 0.321 e. The van der Waals surface area contributed by atoms with Crippen molar-refractivity contribution in [2.24, 2.45) is 0 Å². The van der Waals surface area contributed by atoms with Gasteiger partial charge in [0.2, 0.25) is 0 Å². The Morgan fingerprint density at radius 3 is 2.55 bits per heavy atom. The number of methoxy groups -OCH3 is 1. The van der Waals surface area contributed by atoms with Crippen molar-refractivity contribution < 1.29 is 24.0 Å². The van der Waals surface area contributed by atoms with Gasteiger partial charge in [-0.2, -0.15) is 0 Å². The third-order valence-corrected chi connectivity index (χ3v) is 4.32. The normalized spacial score (nSPS) is 13.0. The van der Waals surface area contributed by atoms with E-state index in [0.717, 1.165) is 6.07 Å². The van der Waals surface area contributed by atoms with Crippen molar-refractivity contribution in [3.05, 3.63) is 52.1 Å². The molecule has 0 aromatic heterocycles. The Hall–Kier alpha value is -3.82. The summed E-state index contributed by atoms with van der Waals surface area (Å²) in [5.74, 6) is -0.253. The van der Waals surface area contributed by atoms with Crippen LogP contribution in [-0.2, 0) is 0 Å². The molecule has 10 heteroatoms. The number of urea groups is 1. The molecule has 2 aromatic rings. The number of hydrogen-bond donors (Lipinski definition) is 2. The predicted octanol–water partition coefficient (Wildman–Crippen LogP) is 2.78. The molecule has 1 aliphatic heterocycles. The first-order chi connectivity index (χ1) is 13.9. The molecule has 10 nitrogen and oxygen atoms in total. The maximum absolute atomic E-state index is 12.7. The summed E-state index contributed by atoms with van der Waals surface area (Å²) in [6.07, 6.45) is 0. The highest BCUT2D eigenvalue weighted by Crippen LogP contribution is 2.35. The zero-order valence-electron chi connectivity index (χ0n) is 15.9. The van der Waals surface area contributed by atoms with Gasteiger partial charge in [0.05, 0.1) is 24.7 Å². The van der Waals surface area contributed by atoms with Crippen LogP contribution in [0.1, 0.15) is 17.3 Å². The number of nitrogens with zero attached hydrogens (tertiary/aromatic N) is 2. The number of nitrogens with one attached hydrogen (secondary N) is 2. The lowest BCUT2D eigenvalue weighted by Gasteiger charge is -2.15. The number of amides is 3. The highest BCUT2D eigenvalue weighted by atomic mass is 16.6. The van der Waals surface area contributed by atoms with Crippen LogP contribution in [0.5, 0.6) is 11.5 Å². The summed E-state index contributed by atoms with van der Waals surface area (Å²) in [6, 6.07) is 8.89. The van der Waals surface area contributed by atoms with Gasteiger partial charge in [0.15, 0.2) is 11.5 Å². The predicted molar refractivity (Wildman–Crippen MR) is 106 cm³/mol. The van der Waals surface area contributed by atoms with Crippen LogP contribution in [0.15, 0.2) is 36.4 Å². The fourth-order valence-corrected chi connectivity index (χ4v) is 2.95. The van der Waals surface area contributed by atoms with Crippen molar-refractivity contribution in [2.45, 2.75) is 6.92 Å². The molecule has 0 radical (unpaired) electrons. The van der Waals surface area contributed by atoms with Crippen molar-refractivity contribution in [1.82, 2.24) is 5.32 Å². The molecule has 0 unspecified atom stereocenters. The molecule has 1 fully saturated rings. The SMILES string of the molecule is CCOc1cc(C(=O)Nc2ccc(N3CCNC3=O)cc2)c([N+](=O)[O-])cc1OC. The average Bonchev–Trinajstić information content (AvgIpc) is 3.14. The zero-order valence-corrected chi connectivity index (χ0v) is 15.9. The third-order valence-electron chi connectivity index (χ3n) is 4.32. The molecular formula is C19H20N4O6. The molecule has 1 aliphatic rings. The van der Waals surface area contributed by atoms with Crippen molar-refractivity contribution >= 4 is 29.0 Å². The first kappa shape index (κ1) is 19.9. The van der Waals surface area contributed by atoms with Crippen LogP contribution >= 0.6 is 0 Å². The van der Waals surface area contributed by atoms with E-state index in [2.05, 4.69) is 10.6 Å². The second-order valence-corrected chi connectivity index (χ2v) is 6.09. The van der Waals surface area contributed by atoms with Crippen LogP contribution in [-0.4, -0.2) is 43.7 Å². The molecule has 0 saturated carbocycles. The summed E-state index contributed by atoms with van der Waals surface area (Å²) in [4.78, 5) is 36.8. The smallest absolute Gasteiger partial charge is 0.321 e. The second kappa shape index (κ2) is 8.46. The molecule has 152 valence electrons. The Morgan fingerprint density at radius 2 is 2.00 bits per heavy atom. The first-order valence-electron chi connectivity index (χ1n) is 8.90. The quantitative estimate of drug-likeness (QED) is 0.544. The van der Waals surface area contributed by atoms with E-state index in [4.69, 9.17) is 9.47 Å². The van der Waals surface area contributed by atoms with Gasteiger partial charge in [-0.05, 0) is 31.2 Å². The number of carbonyl (C=O) groups is 2. The van der Waals surface area contributed by atoms with Gasteiger partial charge < -0.3 is 20.1 Å². The first-order valence-corrected chi connectivity index (χ1v) is 8.90. The number of ether oxygens (including phenoxy) is 2. The van der Waals surface area contributed by atoms with E-state index in [0.29, 0.717) is 31.1 Å². The van der Waals surface area contributed by atoms with Crippen LogP contribution < -0.4 is 25.0 Å². The monoisotopic (exact) mass is 400 g/mol. The van der Waals surface area contributed by atoms with Gasteiger partial charge in [0.1, 0.15) is 5.56 Å². The number of hydrogen-bond acceptors (Lipinski definition) is 6. The van der Waals surface area contributed by atoms with E-state index < -0.39 is 16.5 Å². The number of carbonyl (C=O) groups excluding carboxylic acids is 2. The molecule has 2 aromatic carbocycles. The Balaban J connectivity index is 1.85. The molecule has 0 spiro atoms. The zero-order chi connectivity index (χ0) is 21.0. The van der Waals surface area contributed by atoms with E-state index in [1.54, 1.807) is 36.1 Å². The molecule has 0 bridgehead atoms. The molecule has 1 saturated heterocycles. The van der Waals surface area contributed by atoms with Crippen molar-refractivity contribution in [3.8, 4) is 11.5 Å². The summed E-state index contributed by atoms with van der Waals surface area (Å²) in [5.41, 5.74) is 0.573. The van der Waals surface area contributed by atoms with E-state index in [1.807, 2.05) is 0 Å². The lowest BCUT2D eigenvalue weighted by molar-refractivity contribution is -0.385. The minimum absolute atomic E-state index is 0.151. The highest BCUT2D eigenvalue weighted by Gasteiger charge is 2.25. The van der Waals surface area contributed by atoms with Crippen LogP contribution in [0, 0.1) is 10.1 Å². The van der Waals surface area contributed by atoms with E-state index >= 15 is 0 Å². The average molecular weight is 400 g/mol. The summed E-state index contributed by atoms with van der Waals surface area (Å²) in [7, 11) is 1.36. The van der Waals surface area contributed by atoms with Crippen molar-refractivity contribution in [1.29, 1.82) is 0 Å². The minimum atomic E-state index is -0.660. The van der Waals surface area contributed by atoms with Crippen molar-refractivity contribution in [2.75, 3.05) is 37.0 Å². The van der Waals surface area contributed by atoms with E-state index in [1.165, 1.54) is 13.2 Å². The molecule has 0 aliphatic carbocycles. The van der Waals surface area contributed by atoms with Crippen LogP contribution in [0.3, 0.4) is 0 Å². The lowest BCUT2D eigenvalue weighted by atomic mass is 10.1. The van der Waals surface area contributed by atoms with Crippen LogP contribution in [0.25, 0.3) is 0 Å². The molecule has 1 heterocycles. The topological polar surface area (TPSA) is 123 Å². The minimum Gasteiger partial charge on any atom is -0.493 e. The largest absolute Gasteiger partial charge is 0.493 e. The summed E-state index contributed by atoms with van der Waals surface area (Å²) >= 11 is 0. The summed E-state index contributed by atoms with van der Waals surface area (Å²) < 4.78 is 10.5. The molecular weight excluding hydrogens is 380 g/mol. The Labute approximate surface area is 166 Å². The number of benzene rings is 2. The van der Waals surface area contributed by atoms with Gasteiger partial charge in [-0.15, -0.1) is 0 Å². The fourth-order valence-electron chi connectivity index (χ4n) is 2.95. The number of rotatable bonds is 7.